The van der Waals surface area contributed by atoms with Crippen molar-refractivity contribution >= 4 is 28.8 Å². The molecule has 0 saturated heterocycles. The molecule has 3 N–H and O–H groups in total. The minimum Gasteiger partial charge on any atom is -0.462 e. The fraction of sp³-hybridized carbons (Fsp3) is 0.308. The molecule has 0 saturated carbocycles. The van der Waals surface area contributed by atoms with Gasteiger partial charge in [0.25, 0.3) is 0 Å². The van der Waals surface area contributed by atoms with Crippen LogP contribution in [0.5, 0.6) is 0 Å². The number of hydrazine groups is 1. The number of rotatable bonds is 5. The quantitative estimate of drug-likeness (QED) is 0.573. The highest BCUT2D eigenvalue weighted by Gasteiger charge is 2.12. The molecule has 8 nitrogen and oxygen atoms in total. The lowest BCUT2D eigenvalue weighted by atomic mass is 10.1. The van der Waals surface area contributed by atoms with E-state index in [0.29, 0.717) is 23.4 Å². The summed E-state index contributed by atoms with van der Waals surface area (Å²) in [7, 11) is 0. The van der Waals surface area contributed by atoms with Crippen LogP contribution in [0.25, 0.3) is 10.9 Å². The molecule has 0 aliphatic carbocycles. The van der Waals surface area contributed by atoms with Crippen molar-refractivity contribution < 1.29 is 19.1 Å². The molecule has 0 bridgehead atoms. The number of fused-ring (bicyclic) bond motifs is 1. The van der Waals surface area contributed by atoms with Crippen molar-refractivity contribution in [1.82, 2.24) is 15.6 Å². The maximum Gasteiger partial charge on any atom is 0.425 e. The zero-order valence-electron chi connectivity index (χ0n) is 11.7. The molecular formula is C13H16N4O4. The zero-order chi connectivity index (χ0) is 15.2. The number of nitrogens with zero attached hydrogens (tertiary/aromatic N) is 1. The summed E-state index contributed by atoms with van der Waals surface area (Å²) in [6, 6.07) is 4.98. The van der Waals surface area contributed by atoms with Gasteiger partial charge in [-0.15, -0.1) is 0 Å². The van der Waals surface area contributed by atoms with Gasteiger partial charge in [0.15, 0.2) is 5.82 Å². The standard InChI is InChI=1S/C13H16N4O4/c1-3-20-12(18)8-5-6-10-9(7-8)11(15-14-10)16-17-13(19)21-4-2/h5-7H,3-4H2,1-2H3,(H,17,19)(H2,14,15,16). The maximum absolute atomic E-state index is 11.7. The largest absolute Gasteiger partial charge is 0.462 e. The Labute approximate surface area is 120 Å². The molecular weight excluding hydrogens is 276 g/mol. The summed E-state index contributed by atoms with van der Waals surface area (Å²) in [6.45, 7) is 4.01. The zero-order valence-corrected chi connectivity index (χ0v) is 11.7. The van der Waals surface area contributed by atoms with Crippen molar-refractivity contribution in [3.8, 4) is 0 Å². The van der Waals surface area contributed by atoms with E-state index in [1.807, 2.05) is 0 Å². The Bertz CT molecular complexity index is 653. The van der Waals surface area contributed by atoms with Crippen LogP contribution >= 0.6 is 0 Å². The Balaban J connectivity index is 2.18. The molecule has 8 heteroatoms. The lowest BCUT2D eigenvalue weighted by Gasteiger charge is -2.06. The molecule has 0 aliphatic heterocycles. The van der Waals surface area contributed by atoms with E-state index in [2.05, 4.69) is 21.0 Å². The van der Waals surface area contributed by atoms with Gasteiger partial charge in [-0.1, -0.05) is 0 Å². The molecule has 21 heavy (non-hydrogen) atoms. The van der Waals surface area contributed by atoms with Crippen LogP contribution in [0, 0.1) is 0 Å². The van der Waals surface area contributed by atoms with E-state index in [4.69, 9.17) is 9.47 Å². The van der Waals surface area contributed by atoms with E-state index in [1.54, 1.807) is 32.0 Å². The smallest absolute Gasteiger partial charge is 0.425 e. The Morgan fingerprint density at radius 1 is 1.24 bits per heavy atom. The Morgan fingerprint density at radius 3 is 2.71 bits per heavy atom. The van der Waals surface area contributed by atoms with Gasteiger partial charge in [-0.3, -0.25) is 10.5 Å². The minimum atomic E-state index is -0.616. The summed E-state index contributed by atoms with van der Waals surface area (Å²) >= 11 is 0. The van der Waals surface area contributed by atoms with Crippen molar-refractivity contribution in [2.45, 2.75) is 13.8 Å². The molecule has 0 radical (unpaired) electrons. The predicted molar refractivity (Wildman–Crippen MR) is 75.8 cm³/mol. The number of esters is 1. The van der Waals surface area contributed by atoms with Crippen molar-refractivity contribution in [2.75, 3.05) is 18.6 Å². The van der Waals surface area contributed by atoms with Crippen LogP contribution in [0.2, 0.25) is 0 Å². The number of carbonyl (C=O) groups is 2. The van der Waals surface area contributed by atoms with E-state index < -0.39 is 12.1 Å². The van der Waals surface area contributed by atoms with Gasteiger partial charge in [-0.25, -0.2) is 15.0 Å². The van der Waals surface area contributed by atoms with Crippen molar-refractivity contribution in [2.24, 2.45) is 0 Å². The number of aromatic amines is 1. The monoisotopic (exact) mass is 292 g/mol. The highest BCUT2D eigenvalue weighted by atomic mass is 16.6. The van der Waals surface area contributed by atoms with Gasteiger partial charge < -0.3 is 9.47 Å². The van der Waals surface area contributed by atoms with Crippen LogP contribution in [0.4, 0.5) is 10.6 Å². The van der Waals surface area contributed by atoms with Crippen LogP contribution in [-0.4, -0.2) is 35.5 Å². The number of carbonyl (C=O) groups excluding carboxylic acids is 2. The second-order valence-corrected chi connectivity index (χ2v) is 4.02. The van der Waals surface area contributed by atoms with E-state index in [9.17, 15) is 9.59 Å². The van der Waals surface area contributed by atoms with Gasteiger partial charge >= 0.3 is 12.1 Å². The first kappa shape index (κ1) is 14.6. The van der Waals surface area contributed by atoms with Gasteiger partial charge in [0.2, 0.25) is 0 Å². The maximum atomic E-state index is 11.7. The molecule has 0 spiro atoms. The SMILES string of the molecule is CCOC(=O)NNc1n[nH]c2ccc(C(=O)OCC)cc12. The number of H-pyrrole nitrogens is 1. The van der Waals surface area contributed by atoms with E-state index in [0.717, 1.165) is 5.52 Å². The van der Waals surface area contributed by atoms with Gasteiger partial charge in [0, 0.05) is 5.39 Å². The molecule has 112 valence electrons. The lowest BCUT2D eigenvalue weighted by molar-refractivity contribution is 0.0526. The molecule has 1 heterocycles. The summed E-state index contributed by atoms with van der Waals surface area (Å²) < 4.78 is 9.67. The summed E-state index contributed by atoms with van der Waals surface area (Å²) in [5.41, 5.74) is 6.10. The van der Waals surface area contributed by atoms with Gasteiger partial charge in [0.05, 0.1) is 24.3 Å². The average Bonchev–Trinajstić information content (AvgIpc) is 2.88. The minimum absolute atomic E-state index is 0.266. The number of benzene rings is 1. The number of amides is 1. The number of aromatic nitrogens is 2. The number of ether oxygens (including phenoxy) is 2. The van der Waals surface area contributed by atoms with Crippen molar-refractivity contribution in [3.05, 3.63) is 23.8 Å². The fourth-order valence-electron chi connectivity index (χ4n) is 1.73. The van der Waals surface area contributed by atoms with Crippen LogP contribution in [0.3, 0.4) is 0 Å². The summed E-state index contributed by atoms with van der Waals surface area (Å²) in [5, 5.41) is 7.45. The van der Waals surface area contributed by atoms with Crippen LogP contribution in [0.1, 0.15) is 24.2 Å². The van der Waals surface area contributed by atoms with Crippen LogP contribution < -0.4 is 10.9 Å². The highest BCUT2D eigenvalue weighted by molar-refractivity contribution is 5.98. The average molecular weight is 292 g/mol. The molecule has 0 fully saturated rings. The van der Waals surface area contributed by atoms with Gasteiger partial charge in [-0.2, -0.15) is 5.10 Å². The van der Waals surface area contributed by atoms with Crippen LogP contribution in [-0.2, 0) is 9.47 Å². The molecule has 1 aromatic heterocycles. The van der Waals surface area contributed by atoms with E-state index in [-0.39, 0.29) is 6.61 Å². The second kappa shape index (κ2) is 6.60. The Kier molecular flexibility index (Phi) is 4.60. The molecule has 0 unspecified atom stereocenters. The molecule has 1 aromatic carbocycles. The first-order chi connectivity index (χ1) is 10.2. The third-order valence-electron chi connectivity index (χ3n) is 2.63. The third kappa shape index (κ3) is 3.41. The predicted octanol–water partition coefficient (Wildman–Crippen LogP) is 1.81. The lowest BCUT2D eigenvalue weighted by Crippen LogP contribution is -2.30. The number of hydrogen-bond acceptors (Lipinski definition) is 6. The van der Waals surface area contributed by atoms with E-state index >= 15 is 0 Å². The number of anilines is 1. The normalized spacial score (nSPS) is 10.2. The Hall–Kier alpha value is -2.77. The van der Waals surface area contributed by atoms with Crippen molar-refractivity contribution in [3.63, 3.8) is 0 Å². The number of hydrogen-bond donors (Lipinski definition) is 3. The third-order valence-corrected chi connectivity index (χ3v) is 2.63. The molecule has 2 rings (SSSR count). The molecule has 1 amide bonds. The first-order valence-corrected chi connectivity index (χ1v) is 6.49. The second-order valence-electron chi connectivity index (χ2n) is 4.02. The topological polar surface area (TPSA) is 105 Å². The molecule has 2 aromatic rings. The van der Waals surface area contributed by atoms with E-state index in [1.165, 1.54) is 0 Å². The summed E-state index contributed by atoms with van der Waals surface area (Å²) in [6.07, 6.45) is -0.616. The Morgan fingerprint density at radius 2 is 2.00 bits per heavy atom. The summed E-state index contributed by atoms with van der Waals surface area (Å²) in [5.74, 6) is -0.0332. The first-order valence-electron chi connectivity index (χ1n) is 6.49. The fourth-order valence-corrected chi connectivity index (χ4v) is 1.73. The van der Waals surface area contributed by atoms with Gasteiger partial charge in [-0.05, 0) is 32.0 Å². The summed E-state index contributed by atoms with van der Waals surface area (Å²) in [4.78, 5) is 22.9. The van der Waals surface area contributed by atoms with Crippen molar-refractivity contribution in [1.29, 1.82) is 0 Å². The molecule has 0 aliphatic rings. The van der Waals surface area contributed by atoms with Crippen LogP contribution in [0.15, 0.2) is 18.2 Å². The highest BCUT2D eigenvalue weighted by Crippen LogP contribution is 2.21. The molecule has 0 atom stereocenters. The van der Waals surface area contributed by atoms with Gasteiger partial charge in [0.1, 0.15) is 0 Å². The number of nitrogens with one attached hydrogen (secondary N) is 3.